The van der Waals surface area contributed by atoms with Gasteiger partial charge in [0.15, 0.2) is 0 Å². The molecule has 0 atom stereocenters. The molecule has 0 unspecified atom stereocenters. The van der Waals surface area contributed by atoms with Crippen LogP contribution in [0.1, 0.15) is 16.1 Å². The highest BCUT2D eigenvalue weighted by Crippen LogP contribution is 2.30. The smallest absolute Gasteiger partial charge is 0.262 e. The third-order valence-electron chi connectivity index (χ3n) is 3.52. The second-order valence-corrected chi connectivity index (χ2v) is 8.65. The quantitative estimate of drug-likeness (QED) is 0.732. The van der Waals surface area contributed by atoms with Crippen molar-refractivity contribution in [3.63, 3.8) is 0 Å². The number of hydrogen-bond donors (Lipinski definition) is 1. The number of nitrogens with zero attached hydrogens (tertiary/aromatic N) is 1. The van der Waals surface area contributed by atoms with E-state index < -0.39 is 10.0 Å². The Morgan fingerprint density at radius 3 is 2.61 bits per heavy atom. The number of aromatic nitrogens is 1. The van der Waals surface area contributed by atoms with Crippen molar-refractivity contribution in [1.29, 1.82) is 0 Å². The van der Waals surface area contributed by atoms with Gasteiger partial charge in [-0.3, -0.25) is 4.72 Å². The fraction of sp³-hybridized carbons (Fsp3) is 0.188. The number of aryl methyl sites for hydroxylation is 3. The zero-order chi connectivity index (χ0) is 16.8. The normalized spacial score (nSPS) is 11.8. The van der Waals surface area contributed by atoms with E-state index in [1.54, 1.807) is 32.0 Å². The van der Waals surface area contributed by atoms with Crippen LogP contribution in [-0.2, 0) is 10.0 Å². The fourth-order valence-corrected chi connectivity index (χ4v) is 4.84. The molecule has 0 amide bonds. The first-order valence-corrected chi connectivity index (χ1v) is 9.61. The number of anilines is 1. The Hall–Kier alpha value is -1.63. The first kappa shape index (κ1) is 16.2. The summed E-state index contributed by atoms with van der Waals surface area (Å²) in [7, 11) is -3.71. The van der Waals surface area contributed by atoms with E-state index in [2.05, 4.69) is 9.71 Å². The lowest BCUT2D eigenvalue weighted by molar-refractivity contribution is 0.600. The molecule has 1 aromatic heterocycles. The summed E-state index contributed by atoms with van der Waals surface area (Å²) in [6, 6.07) is 8.72. The first-order chi connectivity index (χ1) is 10.8. The number of hydrogen-bond acceptors (Lipinski definition) is 4. The average Bonchev–Trinajstić information content (AvgIpc) is 2.84. The molecular formula is C16H15ClN2O2S2. The Bertz CT molecular complexity index is 1010. The lowest BCUT2D eigenvalue weighted by Crippen LogP contribution is -2.15. The summed E-state index contributed by atoms with van der Waals surface area (Å²) in [5.41, 5.74) is 2.48. The molecule has 0 fully saturated rings. The van der Waals surface area contributed by atoms with Gasteiger partial charge in [-0.15, -0.1) is 11.3 Å². The minimum Gasteiger partial charge on any atom is -0.277 e. The summed E-state index contributed by atoms with van der Waals surface area (Å²) in [5.74, 6) is 0. The predicted octanol–water partition coefficient (Wildman–Crippen LogP) is 4.68. The van der Waals surface area contributed by atoms with E-state index in [1.165, 1.54) is 11.3 Å². The monoisotopic (exact) mass is 366 g/mol. The minimum atomic E-state index is -3.71. The molecule has 0 spiro atoms. The highest BCUT2D eigenvalue weighted by molar-refractivity contribution is 7.92. The van der Waals surface area contributed by atoms with Gasteiger partial charge in [-0.2, -0.15) is 0 Å². The second kappa shape index (κ2) is 5.78. The van der Waals surface area contributed by atoms with Crippen LogP contribution in [0.25, 0.3) is 10.2 Å². The molecule has 120 valence electrons. The number of rotatable bonds is 3. The zero-order valence-corrected chi connectivity index (χ0v) is 15.2. The zero-order valence-electron chi connectivity index (χ0n) is 12.8. The summed E-state index contributed by atoms with van der Waals surface area (Å²) in [6.45, 7) is 5.41. The van der Waals surface area contributed by atoms with Crippen LogP contribution in [0.2, 0.25) is 5.02 Å². The first-order valence-electron chi connectivity index (χ1n) is 6.93. The predicted molar refractivity (Wildman–Crippen MR) is 96.1 cm³/mol. The van der Waals surface area contributed by atoms with Gasteiger partial charge in [0.1, 0.15) is 5.52 Å². The number of benzene rings is 2. The highest BCUT2D eigenvalue weighted by Gasteiger charge is 2.20. The van der Waals surface area contributed by atoms with Crippen molar-refractivity contribution < 1.29 is 8.42 Å². The Kier molecular flexibility index (Phi) is 4.08. The number of nitrogens with one attached hydrogen (secondary N) is 1. The van der Waals surface area contributed by atoms with Gasteiger partial charge in [-0.05, 0) is 56.2 Å². The van der Waals surface area contributed by atoms with E-state index in [0.717, 1.165) is 15.3 Å². The third kappa shape index (κ3) is 3.06. The van der Waals surface area contributed by atoms with E-state index in [0.29, 0.717) is 21.8 Å². The van der Waals surface area contributed by atoms with Crippen molar-refractivity contribution in [3.05, 3.63) is 51.5 Å². The van der Waals surface area contributed by atoms with Crippen LogP contribution >= 0.6 is 22.9 Å². The second-order valence-electron chi connectivity index (χ2n) is 5.36. The molecule has 1 heterocycles. The van der Waals surface area contributed by atoms with Crippen molar-refractivity contribution in [2.45, 2.75) is 25.7 Å². The van der Waals surface area contributed by atoms with Gasteiger partial charge in [0.05, 0.1) is 20.3 Å². The van der Waals surface area contributed by atoms with Crippen LogP contribution in [0.5, 0.6) is 0 Å². The number of halogens is 1. The topological polar surface area (TPSA) is 59.1 Å². The molecule has 7 heteroatoms. The molecule has 2 aromatic carbocycles. The molecular weight excluding hydrogens is 352 g/mol. The molecule has 1 N–H and O–H groups in total. The van der Waals surface area contributed by atoms with Crippen molar-refractivity contribution in [3.8, 4) is 0 Å². The van der Waals surface area contributed by atoms with Gasteiger partial charge in [0.2, 0.25) is 0 Å². The van der Waals surface area contributed by atoms with Crippen LogP contribution < -0.4 is 4.72 Å². The molecule has 0 saturated carbocycles. The van der Waals surface area contributed by atoms with Gasteiger partial charge in [0, 0.05) is 5.02 Å². The third-order valence-corrected chi connectivity index (χ3v) is 6.37. The van der Waals surface area contributed by atoms with Crippen LogP contribution in [0.4, 0.5) is 5.69 Å². The molecule has 0 aliphatic rings. The Labute approximate surface area is 144 Å². The van der Waals surface area contributed by atoms with Gasteiger partial charge in [-0.25, -0.2) is 13.4 Å². The minimum absolute atomic E-state index is 0.225. The molecule has 0 bridgehead atoms. The van der Waals surface area contributed by atoms with E-state index in [-0.39, 0.29) is 4.90 Å². The average molecular weight is 367 g/mol. The van der Waals surface area contributed by atoms with E-state index in [9.17, 15) is 8.42 Å². The summed E-state index contributed by atoms with van der Waals surface area (Å²) in [5, 5.41) is 1.45. The lowest BCUT2D eigenvalue weighted by Gasteiger charge is -2.12. The van der Waals surface area contributed by atoms with Crippen molar-refractivity contribution in [2.24, 2.45) is 0 Å². The molecule has 0 radical (unpaired) electrons. The SMILES string of the molecule is Cc1nc2c(NS(=O)(=O)c3cc(C)c(Cl)cc3C)cccc2s1. The van der Waals surface area contributed by atoms with Crippen LogP contribution in [0, 0.1) is 20.8 Å². The molecule has 3 aromatic rings. The van der Waals surface area contributed by atoms with Crippen molar-refractivity contribution in [2.75, 3.05) is 4.72 Å². The van der Waals surface area contributed by atoms with Crippen LogP contribution in [0.3, 0.4) is 0 Å². The summed E-state index contributed by atoms with van der Waals surface area (Å²) < 4.78 is 29.1. The van der Waals surface area contributed by atoms with E-state index >= 15 is 0 Å². The maximum Gasteiger partial charge on any atom is 0.262 e. The number of fused-ring (bicyclic) bond motifs is 1. The summed E-state index contributed by atoms with van der Waals surface area (Å²) in [4.78, 5) is 4.64. The standard InChI is InChI=1S/C16H15ClN2O2S2/c1-9-8-15(10(2)7-12(9)17)23(20,21)19-13-5-4-6-14-16(13)18-11(3)22-14/h4-8,19H,1-3H3. The van der Waals surface area contributed by atoms with Crippen LogP contribution in [0.15, 0.2) is 35.2 Å². The molecule has 3 rings (SSSR count). The van der Waals surface area contributed by atoms with Crippen molar-refractivity contribution >= 4 is 48.9 Å². The van der Waals surface area contributed by atoms with Crippen LogP contribution in [-0.4, -0.2) is 13.4 Å². The lowest BCUT2D eigenvalue weighted by atomic mass is 10.2. The highest BCUT2D eigenvalue weighted by atomic mass is 35.5. The largest absolute Gasteiger partial charge is 0.277 e. The number of para-hydroxylation sites is 1. The summed E-state index contributed by atoms with van der Waals surface area (Å²) in [6.07, 6.45) is 0. The fourth-order valence-electron chi connectivity index (χ4n) is 2.39. The van der Waals surface area contributed by atoms with Crippen molar-refractivity contribution in [1.82, 2.24) is 4.98 Å². The molecule has 0 aliphatic carbocycles. The van der Waals surface area contributed by atoms with Gasteiger partial charge >= 0.3 is 0 Å². The number of sulfonamides is 1. The maximum absolute atomic E-state index is 12.8. The number of thiazole rings is 1. The summed E-state index contributed by atoms with van der Waals surface area (Å²) >= 11 is 7.59. The Morgan fingerprint density at radius 1 is 1.13 bits per heavy atom. The molecule has 0 saturated heterocycles. The Morgan fingerprint density at radius 2 is 1.87 bits per heavy atom. The van der Waals surface area contributed by atoms with E-state index in [4.69, 9.17) is 11.6 Å². The Balaban J connectivity index is 2.09. The molecule has 4 nitrogen and oxygen atoms in total. The van der Waals surface area contributed by atoms with Gasteiger partial charge in [0.25, 0.3) is 10.0 Å². The van der Waals surface area contributed by atoms with Gasteiger partial charge in [-0.1, -0.05) is 17.7 Å². The van der Waals surface area contributed by atoms with E-state index in [1.807, 2.05) is 19.1 Å². The molecule has 23 heavy (non-hydrogen) atoms. The van der Waals surface area contributed by atoms with Gasteiger partial charge < -0.3 is 0 Å². The maximum atomic E-state index is 12.8. The molecule has 0 aliphatic heterocycles.